The SMILES string of the molecule is COC(C)(OC)C(C)C.COC(C)=C(C)C. The minimum atomic E-state index is -0.417. The molecule has 0 unspecified atom stereocenters. The minimum Gasteiger partial charge on any atom is -0.501 e. The summed E-state index contributed by atoms with van der Waals surface area (Å²) in [6.45, 7) is 12.1. The van der Waals surface area contributed by atoms with Crippen molar-refractivity contribution >= 4 is 0 Å². The second-order valence-electron chi connectivity index (χ2n) is 4.34. The van der Waals surface area contributed by atoms with Crippen molar-refractivity contribution in [3.63, 3.8) is 0 Å². The molecule has 0 fully saturated rings. The van der Waals surface area contributed by atoms with Gasteiger partial charge in [-0.2, -0.15) is 0 Å². The van der Waals surface area contributed by atoms with Gasteiger partial charge in [-0.05, 0) is 33.3 Å². The first-order chi connectivity index (χ1) is 7.25. The van der Waals surface area contributed by atoms with E-state index in [9.17, 15) is 0 Å². The lowest BCUT2D eigenvalue weighted by Gasteiger charge is -2.30. The highest BCUT2D eigenvalue weighted by atomic mass is 16.7. The monoisotopic (exact) mass is 232 g/mol. The molecule has 0 rings (SSSR count). The van der Waals surface area contributed by atoms with Crippen LogP contribution < -0.4 is 0 Å². The summed E-state index contributed by atoms with van der Waals surface area (Å²) in [4.78, 5) is 0. The molecule has 16 heavy (non-hydrogen) atoms. The van der Waals surface area contributed by atoms with Crippen molar-refractivity contribution < 1.29 is 14.2 Å². The van der Waals surface area contributed by atoms with Crippen molar-refractivity contribution in [1.29, 1.82) is 0 Å². The first-order valence-corrected chi connectivity index (χ1v) is 5.53. The molecule has 0 heterocycles. The second kappa shape index (κ2) is 8.59. The molecule has 0 bridgehead atoms. The Bertz CT molecular complexity index is 199. The van der Waals surface area contributed by atoms with Crippen LogP contribution in [0.1, 0.15) is 41.5 Å². The van der Waals surface area contributed by atoms with Gasteiger partial charge in [0.1, 0.15) is 0 Å². The Balaban J connectivity index is 0. The number of hydrogen-bond donors (Lipinski definition) is 0. The number of rotatable bonds is 4. The lowest BCUT2D eigenvalue weighted by Crippen LogP contribution is -2.35. The topological polar surface area (TPSA) is 27.7 Å². The predicted octanol–water partition coefficient (Wildman–Crippen LogP) is 3.60. The van der Waals surface area contributed by atoms with Gasteiger partial charge in [0, 0.05) is 20.1 Å². The summed E-state index contributed by atoms with van der Waals surface area (Å²) >= 11 is 0. The Morgan fingerprint density at radius 2 is 1.31 bits per heavy atom. The molecule has 98 valence electrons. The van der Waals surface area contributed by atoms with Gasteiger partial charge in [-0.3, -0.25) is 0 Å². The maximum absolute atomic E-state index is 5.13. The van der Waals surface area contributed by atoms with Crippen LogP contribution in [0.15, 0.2) is 11.3 Å². The molecule has 0 aromatic rings. The van der Waals surface area contributed by atoms with Crippen molar-refractivity contribution in [2.45, 2.75) is 47.3 Å². The normalized spacial score (nSPS) is 10.6. The first kappa shape index (κ1) is 17.8. The zero-order valence-electron chi connectivity index (χ0n) is 12.3. The summed E-state index contributed by atoms with van der Waals surface area (Å²) in [6, 6.07) is 0. The molecule has 0 spiro atoms. The maximum atomic E-state index is 5.13. The number of ether oxygens (including phenoxy) is 3. The van der Waals surface area contributed by atoms with Crippen molar-refractivity contribution in [2.75, 3.05) is 21.3 Å². The molecule has 0 aliphatic heterocycles. The van der Waals surface area contributed by atoms with Gasteiger partial charge in [0.05, 0.1) is 12.9 Å². The third-order valence-electron chi connectivity index (χ3n) is 2.87. The van der Waals surface area contributed by atoms with Gasteiger partial charge in [-0.15, -0.1) is 0 Å². The van der Waals surface area contributed by atoms with Gasteiger partial charge >= 0.3 is 0 Å². The predicted molar refractivity (Wildman–Crippen MR) is 68.3 cm³/mol. The van der Waals surface area contributed by atoms with Crippen LogP contribution in [0.3, 0.4) is 0 Å². The quantitative estimate of drug-likeness (QED) is 0.547. The molecule has 0 radical (unpaired) electrons. The number of hydrogen-bond acceptors (Lipinski definition) is 3. The zero-order chi connectivity index (χ0) is 13.4. The highest BCUT2D eigenvalue weighted by Gasteiger charge is 2.26. The minimum absolute atomic E-state index is 0.382. The number of methoxy groups -OCH3 is 3. The van der Waals surface area contributed by atoms with E-state index in [-0.39, 0.29) is 0 Å². The standard InChI is InChI=1S/C7H16O2.C6H12O/c1-6(2)7(3,8-4)9-5;1-5(2)6(3)7-4/h6H,1-5H3;1-4H3. The molecule has 0 aromatic carbocycles. The van der Waals surface area contributed by atoms with Crippen LogP contribution in [0.25, 0.3) is 0 Å². The average molecular weight is 232 g/mol. The van der Waals surface area contributed by atoms with E-state index in [1.165, 1.54) is 5.57 Å². The van der Waals surface area contributed by atoms with E-state index in [1.54, 1.807) is 21.3 Å². The van der Waals surface area contributed by atoms with Gasteiger partial charge < -0.3 is 14.2 Å². The summed E-state index contributed by atoms with van der Waals surface area (Å²) in [5.74, 6) is 0.979. The van der Waals surface area contributed by atoms with Gasteiger partial charge in [0.15, 0.2) is 5.79 Å². The fraction of sp³-hybridized carbons (Fsp3) is 0.846. The van der Waals surface area contributed by atoms with Crippen LogP contribution in [0.2, 0.25) is 0 Å². The Labute approximate surface area is 101 Å². The highest BCUT2D eigenvalue weighted by molar-refractivity contribution is 4.98. The molecule has 0 saturated heterocycles. The van der Waals surface area contributed by atoms with Crippen molar-refractivity contribution in [3.8, 4) is 0 Å². The van der Waals surface area contributed by atoms with Crippen molar-refractivity contribution in [2.24, 2.45) is 5.92 Å². The van der Waals surface area contributed by atoms with Gasteiger partial charge in [-0.25, -0.2) is 0 Å². The summed E-state index contributed by atoms with van der Waals surface area (Å²) in [5.41, 5.74) is 1.24. The van der Waals surface area contributed by atoms with E-state index >= 15 is 0 Å². The van der Waals surface area contributed by atoms with Crippen LogP contribution in [0.4, 0.5) is 0 Å². The highest BCUT2D eigenvalue weighted by Crippen LogP contribution is 2.20. The third kappa shape index (κ3) is 6.85. The third-order valence-corrected chi connectivity index (χ3v) is 2.87. The van der Waals surface area contributed by atoms with Gasteiger partial charge in [0.25, 0.3) is 0 Å². The van der Waals surface area contributed by atoms with Gasteiger partial charge in [-0.1, -0.05) is 13.8 Å². The lowest BCUT2D eigenvalue weighted by atomic mass is 10.1. The van der Waals surface area contributed by atoms with E-state index in [2.05, 4.69) is 13.8 Å². The van der Waals surface area contributed by atoms with Crippen LogP contribution in [-0.2, 0) is 14.2 Å². The zero-order valence-corrected chi connectivity index (χ0v) is 12.3. The lowest BCUT2D eigenvalue weighted by molar-refractivity contribution is -0.219. The Kier molecular flexibility index (Phi) is 9.58. The summed E-state index contributed by atoms with van der Waals surface area (Å²) in [6.07, 6.45) is 0. The van der Waals surface area contributed by atoms with E-state index in [0.717, 1.165) is 5.76 Å². The fourth-order valence-corrected chi connectivity index (χ4v) is 0.759. The smallest absolute Gasteiger partial charge is 0.166 e. The number of allylic oxidation sites excluding steroid dienone is 2. The van der Waals surface area contributed by atoms with E-state index in [4.69, 9.17) is 14.2 Å². The molecule has 0 amide bonds. The molecule has 0 atom stereocenters. The van der Waals surface area contributed by atoms with Crippen molar-refractivity contribution in [1.82, 2.24) is 0 Å². The van der Waals surface area contributed by atoms with Gasteiger partial charge in [0.2, 0.25) is 0 Å². The van der Waals surface area contributed by atoms with E-state index < -0.39 is 5.79 Å². The molecule has 3 nitrogen and oxygen atoms in total. The molecule has 0 aliphatic carbocycles. The molecular weight excluding hydrogens is 204 g/mol. The maximum Gasteiger partial charge on any atom is 0.166 e. The van der Waals surface area contributed by atoms with Crippen LogP contribution >= 0.6 is 0 Å². The molecule has 0 N–H and O–H groups in total. The van der Waals surface area contributed by atoms with Crippen LogP contribution in [0.5, 0.6) is 0 Å². The van der Waals surface area contributed by atoms with E-state index in [0.29, 0.717) is 5.92 Å². The average Bonchev–Trinajstić information content (AvgIpc) is 2.27. The molecule has 0 saturated carbocycles. The molecule has 3 heteroatoms. The Morgan fingerprint density at radius 1 is 0.938 bits per heavy atom. The fourth-order valence-electron chi connectivity index (χ4n) is 0.759. The molecule has 0 aliphatic rings. The summed E-state index contributed by atoms with van der Waals surface area (Å²) in [7, 11) is 5.00. The first-order valence-electron chi connectivity index (χ1n) is 5.53. The van der Waals surface area contributed by atoms with E-state index in [1.807, 2.05) is 27.7 Å². The summed E-state index contributed by atoms with van der Waals surface area (Å²) in [5, 5.41) is 0. The Morgan fingerprint density at radius 3 is 1.31 bits per heavy atom. The summed E-state index contributed by atoms with van der Waals surface area (Å²) < 4.78 is 15.1. The van der Waals surface area contributed by atoms with Crippen molar-refractivity contribution in [3.05, 3.63) is 11.3 Å². The molecule has 0 aromatic heterocycles. The molecular formula is C13H28O3. The largest absolute Gasteiger partial charge is 0.501 e. The van der Waals surface area contributed by atoms with Crippen LogP contribution in [0, 0.1) is 5.92 Å². The second-order valence-corrected chi connectivity index (χ2v) is 4.34. The van der Waals surface area contributed by atoms with Crippen LogP contribution in [-0.4, -0.2) is 27.1 Å². The Hall–Kier alpha value is -0.540.